The van der Waals surface area contributed by atoms with Crippen molar-refractivity contribution in [3.05, 3.63) is 34.9 Å². The molecule has 0 aliphatic heterocycles. The largest absolute Gasteiger partial charge is 0.375 e. The Kier molecular flexibility index (Phi) is 9.99. The maximum Gasteiger partial charge on any atom is 0.188 e. The Balaban J connectivity index is 0.00000324. The Morgan fingerprint density at radius 1 is 1.53 bits per heavy atom. The number of hydrogen-bond donors (Lipinski definition) is 2. The van der Waals surface area contributed by atoms with Crippen LogP contribution in [0, 0.1) is 0 Å². The highest BCUT2D eigenvalue weighted by atomic mass is 127. The van der Waals surface area contributed by atoms with Crippen LogP contribution in [0.5, 0.6) is 0 Å². The van der Waals surface area contributed by atoms with Crippen molar-refractivity contribution in [2.24, 2.45) is 10.7 Å². The van der Waals surface area contributed by atoms with Crippen molar-refractivity contribution >= 4 is 41.5 Å². The minimum atomic E-state index is -0.134. The van der Waals surface area contributed by atoms with Gasteiger partial charge in [0.1, 0.15) is 6.10 Å². The molecule has 0 amide bonds. The third-order valence-corrected chi connectivity index (χ3v) is 2.72. The number of nitrogens with zero attached hydrogens (tertiary/aromatic N) is 1. The molecule has 0 aliphatic carbocycles. The number of halogens is 2. The average Bonchev–Trinajstić information content (AvgIpc) is 2.37. The van der Waals surface area contributed by atoms with Crippen molar-refractivity contribution < 1.29 is 4.74 Å². The molecule has 1 rings (SSSR count). The van der Waals surface area contributed by atoms with E-state index in [0.717, 1.165) is 18.5 Å². The molecule has 0 saturated carbocycles. The number of aliphatic imine (C=N–C) groups is 1. The summed E-state index contributed by atoms with van der Waals surface area (Å²) in [5.41, 5.74) is 6.73. The third-order valence-electron chi connectivity index (χ3n) is 2.49. The molecule has 19 heavy (non-hydrogen) atoms. The minimum Gasteiger partial charge on any atom is -0.375 e. The van der Waals surface area contributed by atoms with Crippen LogP contribution in [0.2, 0.25) is 5.02 Å². The van der Waals surface area contributed by atoms with Gasteiger partial charge < -0.3 is 15.8 Å². The van der Waals surface area contributed by atoms with Crippen LogP contribution in [-0.4, -0.2) is 26.2 Å². The van der Waals surface area contributed by atoms with E-state index < -0.39 is 0 Å². The van der Waals surface area contributed by atoms with Crippen LogP contribution in [0.25, 0.3) is 0 Å². The molecule has 1 unspecified atom stereocenters. The molecule has 4 nitrogen and oxygen atoms in total. The van der Waals surface area contributed by atoms with Gasteiger partial charge in [-0.2, -0.15) is 0 Å². The van der Waals surface area contributed by atoms with Crippen molar-refractivity contribution in [3.8, 4) is 0 Å². The lowest BCUT2D eigenvalue weighted by Gasteiger charge is -2.14. The molecule has 3 N–H and O–H groups in total. The van der Waals surface area contributed by atoms with Crippen LogP contribution in [0.1, 0.15) is 25.0 Å². The number of guanidine groups is 1. The second-order valence-electron chi connectivity index (χ2n) is 3.93. The van der Waals surface area contributed by atoms with Crippen molar-refractivity contribution in [1.29, 1.82) is 0 Å². The van der Waals surface area contributed by atoms with E-state index in [1.807, 2.05) is 24.3 Å². The van der Waals surface area contributed by atoms with Gasteiger partial charge in [-0.15, -0.1) is 24.0 Å². The molecule has 108 valence electrons. The van der Waals surface area contributed by atoms with Gasteiger partial charge >= 0.3 is 0 Å². The Morgan fingerprint density at radius 3 is 2.84 bits per heavy atom. The standard InChI is InChI=1S/C13H20ClN3O.HI/c1-3-7-16-13(15)17-9-12(18-2)10-5-4-6-11(14)8-10;/h4-6,8,12H,3,7,9H2,1-2H3,(H3,15,16,17);1H. The molecule has 1 atom stereocenters. The van der Waals surface area contributed by atoms with E-state index in [2.05, 4.69) is 17.2 Å². The molecule has 0 aliphatic rings. The van der Waals surface area contributed by atoms with Gasteiger partial charge in [-0.3, -0.25) is 4.99 Å². The fourth-order valence-electron chi connectivity index (χ4n) is 1.51. The maximum atomic E-state index is 5.95. The molecule has 0 spiro atoms. The molecular weight excluding hydrogens is 377 g/mol. The van der Waals surface area contributed by atoms with Crippen molar-refractivity contribution in [3.63, 3.8) is 0 Å². The van der Waals surface area contributed by atoms with Crippen LogP contribution in [0.3, 0.4) is 0 Å². The van der Waals surface area contributed by atoms with Crippen molar-refractivity contribution in [1.82, 2.24) is 5.32 Å². The van der Waals surface area contributed by atoms with Gasteiger partial charge in [-0.05, 0) is 24.1 Å². The molecular formula is C13H21ClIN3O. The van der Waals surface area contributed by atoms with Gasteiger partial charge in [0.25, 0.3) is 0 Å². The van der Waals surface area contributed by atoms with E-state index in [4.69, 9.17) is 22.1 Å². The Bertz CT molecular complexity index is 401. The highest BCUT2D eigenvalue weighted by Gasteiger charge is 2.10. The van der Waals surface area contributed by atoms with Crippen LogP contribution in [0.4, 0.5) is 0 Å². The normalized spacial score (nSPS) is 12.7. The molecule has 0 heterocycles. The van der Waals surface area contributed by atoms with Crippen LogP contribution < -0.4 is 11.1 Å². The monoisotopic (exact) mass is 397 g/mol. The lowest BCUT2D eigenvalue weighted by Crippen LogP contribution is -2.32. The van der Waals surface area contributed by atoms with E-state index in [1.54, 1.807) is 7.11 Å². The smallest absolute Gasteiger partial charge is 0.188 e. The van der Waals surface area contributed by atoms with Gasteiger partial charge in [0.2, 0.25) is 0 Å². The molecule has 0 bridgehead atoms. The van der Waals surface area contributed by atoms with Gasteiger partial charge in [-0.25, -0.2) is 0 Å². The zero-order chi connectivity index (χ0) is 13.4. The lowest BCUT2D eigenvalue weighted by molar-refractivity contribution is 0.111. The first-order valence-corrected chi connectivity index (χ1v) is 6.37. The van der Waals surface area contributed by atoms with Gasteiger partial charge in [0.05, 0.1) is 6.54 Å². The number of nitrogens with one attached hydrogen (secondary N) is 1. The summed E-state index contributed by atoms with van der Waals surface area (Å²) in [5.74, 6) is 0.445. The van der Waals surface area contributed by atoms with Crippen molar-refractivity contribution in [2.45, 2.75) is 19.4 Å². The fourth-order valence-corrected chi connectivity index (χ4v) is 1.71. The van der Waals surface area contributed by atoms with E-state index >= 15 is 0 Å². The number of ether oxygens (including phenoxy) is 1. The molecule has 1 aromatic rings. The highest BCUT2D eigenvalue weighted by Crippen LogP contribution is 2.20. The zero-order valence-corrected chi connectivity index (χ0v) is 14.3. The number of rotatable bonds is 6. The summed E-state index contributed by atoms with van der Waals surface area (Å²) in [6.07, 6.45) is 0.878. The quantitative estimate of drug-likeness (QED) is 0.441. The topological polar surface area (TPSA) is 59.6 Å². The molecule has 6 heteroatoms. The highest BCUT2D eigenvalue weighted by molar-refractivity contribution is 14.0. The number of methoxy groups -OCH3 is 1. The third kappa shape index (κ3) is 6.98. The second kappa shape index (κ2) is 10.3. The minimum absolute atomic E-state index is 0. The summed E-state index contributed by atoms with van der Waals surface area (Å²) in [5, 5.41) is 3.71. The number of benzene rings is 1. The summed E-state index contributed by atoms with van der Waals surface area (Å²) in [6, 6.07) is 7.57. The van der Waals surface area contributed by atoms with Crippen LogP contribution in [-0.2, 0) is 4.74 Å². The predicted octanol–water partition coefficient (Wildman–Crippen LogP) is 2.96. The average molecular weight is 398 g/mol. The summed E-state index contributed by atoms with van der Waals surface area (Å²) in [7, 11) is 1.65. The first kappa shape index (κ1) is 18.5. The SMILES string of the molecule is CCCNC(N)=NCC(OC)c1cccc(Cl)c1.I. The summed E-state index contributed by atoms with van der Waals surface area (Å²) in [4.78, 5) is 4.25. The molecule has 0 fully saturated rings. The number of hydrogen-bond acceptors (Lipinski definition) is 2. The Morgan fingerprint density at radius 2 is 2.26 bits per heavy atom. The van der Waals surface area contributed by atoms with Crippen LogP contribution in [0.15, 0.2) is 29.3 Å². The van der Waals surface area contributed by atoms with E-state index in [-0.39, 0.29) is 30.1 Å². The number of nitrogens with two attached hydrogens (primary N) is 1. The van der Waals surface area contributed by atoms with Crippen LogP contribution >= 0.6 is 35.6 Å². The van der Waals surface area contributed by atoms with Gasteiger partial charge in [0.15, 0.2) is 5.96 Å². The lowest BCUT2D eigenvalue weighted by atomic mass is 10.1. The predicted molar refractivity (Wildman–Crippen MR) is 91.4 cm³/mol. The summed E-state index contributed by atoms with van der Waals surface area (Å²) < 4.78 is 5.40. The molecule has 0 aromatic heterocycles. The second-order valence-corrected chi connectivity index (χ2v) is 4.37. The Hall–Kier alpha value is -0.530. The van der Waals surface area contributed by atoms with E-state index in [1.165, 1.54) is 0 Å². The summed E-state index contributed by atoms with van der Waals surface area (Å²) in [6.45, 7) is 3.37. The van der Waals surface area contributed by atoms with E-state index in [0.29, 0.717) is 17.5 Å². The Labute approximate surface area is 136 Å². The fraction of sp³-hybridized carbons (Fsp3) is 0.462. The zero-order valence-electron chi connectivity index (χ0n) is 11.2. The summed E-state index contributed by atoms with van der Waals surface area (Å²) >= 11 is 5.95. The molecule has 0 radical (unpaired) electrons. The molecule has 0 saturated heterocycles. The first-order valence-electron chi connectivity index (χ1n) is 5.99. The van der Waals surface area contributed by atoms with Gasteiger partial charge in [0, 0.05) is 18.7 Å². The molecule has 1 aromatic carbocycles. The van der Waals surface area contributed by atoms with E-state index in [9.17, 15) is 0 Å². The maximum absolute atomic E-state index is 5.95. The van der Waals surface area contributed by atoms with Crippen molar-refractivity contribution in [2.75, 3.05) is 20.2 Å². The first-order chi connectivity index (χ1) is 8.67. The van der Waals surface area contributed by atoms with Gasteiger partial charge in [-0.1, -0.05) is 30.7 Å².